The quantitative estimate of drug-likeness (QED) is 0.182. The van der Waals surface area contributed by atoms with Crippen LogP contribution in [-0.2, 0) is 28.6 Å². The Morgan fingerprint density at radius 2 is 2.00 bits per heavy atom. The van der Waals surface area contributed by atoms with Gasteiger partial charge < -0.3 is 29.7 Å². The monoisotopic (exact) mass is 684 g/mol. The predicted octanol–water partition coefficient (Wildman–Crippen LogP) is 2.42. The molecule has 5 fully saturated rings. The van der Waals surface area contributed by atoms with E-state index in [4.69, 9.17) is 19.9 Å². The summed E-state index contributed by atoms with van der Waals surface area (Å²) in [5.41, 5.74) is 5.60. The molecule has 274 valence electrons. The summed E-state index contributed by atoms with van der Waals surface area (Å²) in [5.74, 6) is 1.76. The van der Waals surface area contributed by atoms with E-state index in [1.54, 1.807) is 13.0 Å². The first-order chi connectivity index (χ1) is 23.4. The number of hydrogen-bond donors (Lipinski definition) is 3. The van der Waals surface area contributed by atoms with Gasteiger partial charge in [0.25, 0.3) is 0 Å². The SMILES string of the molecule is CC=C(C)C(=O)O[C@@]1(C)CC=C[C@H](C2CC(N)[NH2+]CC2CC(=O)N2C[C@@H](C[NH2+]C)[C@@H]2CCC(C)C)[C@@]12CC1CC3CCC(=O)OC3CC1O2. The zero-order valence-corrected chi connectivity index (χ0v) is 30.9. The van der Waals surface area contributed by atoms with E-state index < -0.39 is 11.2 Å². The second-order valence-electron chi connectivity index (χ2n) is 17.0. The molecule has 6 aliphatic rings. The van der Waals surface area contributed by atoms with Crippen LogP contribution in [0.25, 0.3) is 0 Å². The zero-order valence-electron chi connectivity index (χ0n) is 30.9. The van der Waals surface area contributed by atoms with Crippen molar-refractivity contribution in [3.63, 3.8) is 0 Å². The minimum atomic E-state index is -0.907. The Labute approximate surface area is 293 Å². The highest BCUT2D eigenvalue weighted by atomic mass is 16.6. The number of carbonyl (C=O) groups is 3. The first kappa shape index (κ1) is 36.5. The maximum Gasteiger partial charge on any atom is 0.334 e. The van der Waals surface area contributed by atoms with Crippen LogP contribution in [0, 0.1) is 41.4 Å². The van der Waals surface area contributed by atoms with Crippen molar-refractivity contribution in [2.45, 2.75) is 134 Å². The molecule has 10 nitrogen and oxygen atoms in total. The third-order valence-electron chi connectivity index (χ3n) is 13.5. The number of amides is 1. The highest BCUT2D eigenvalue weighted by molar-refractivity contribution is 5.88. The predicted molar refractivity (Wildman–Crippen MR) is 185 cm³/mol. The molecular formula is C39H64N4O6+2. The molecule has 4 saturated heterocycles. The summed E-state index contributed by atoms with van der Waals surface area (Å²) >= 11 is 0. The molecule has 0 bridgehead atoms. The Bertz CT molecular complexity index is 1300. The van der Waals surface area contributed by atoms with Crippen molar-refractivity contribution in [2.75, 3.05) is 26.7 Å². The highest BCUT2D eigenvalue weighted by Crippen LogP contribution is 2.59. The van der Waals surface area contributed by atoms with E-state index in [-0.39, 0.29) is 59.9 Å². The van der Waals surface area contributed by atoms with Gasteiger partial charge in [0.15, 0.2) is 0 Å². The molecule has 1 amide bonds. The molecule has 4 aliphatic heterocycles. The average molecular weight is 685 g/mol. The van der Waals surface area contributed by atoms with Crippen molar-refractivity contribution < 1.29 is 39.2 Å². The van der Waals surface area contributed by atoms with Gasteiger partial charge in [-0.15, -0.1) is 0 Å². The molecule has 12 atom stereocenters. The topological polar surface area (TPSA) is 141 Å². The third-order valence-corrected chi connectivity index (χ3v) is 13.5. The van der Waals surface area contributed by atoms with Gasteiger partial charge in [0, 0.05) is 68.0 Å². The average Bonchev–Trinajstić information content (AvgIpc) is 3.42. The summed E-state index contributed by atoms with van der Waals surface area (Å²) < 4.78 is 19.8. The first-order valence-corrected chi connectivity index (χ1v) is 19.4. The normalized spacial score (nSPS) is 42.0. The van der Waals surface area contributed by atoms with E-state index in [0.717, 1.165) is 58.2 Å². The van der Waals surface area contributed by atoms with Gasteiger partial charge in [0.1, 0.15) is 23.5 Å². The smallest absolute Gasteiger partial charge is 0.334 e. The van der Waals surface area contributed by atoms with Crippen LogP contribution < -0.4 is 16.4 Å². The lowest BCUT2D eigenvalue weighted by Crippen LogP contribution is -2.96. The molecule has 49 heavy (non-hydrogen) atoms. The van der Waals surface area contributed by atoms with Crippen molar-refractivity contribution in [3.05, 3.63) is 23.8 Å². The zero-order chi connectivity index (χ0) is 35.1. The maximum absolute atomic E-state index is 14.2. The van der Waals surface area contributed by atoms with Gasteiger partial charge in [-0.25, -0.2) is 4.79 Å². The second-order valence-corrected chi connectivity index (χ2v) is 17.0. The van der Waals surface area contributed by atoms with Crippen LogP contribution in [-0.4, -0.2) is 85.0 Å². The number of quaternary nitrogens is 2. The van der Waals surface area contributed by atoms with E-state index in [0.29, 0.717) is 55.1 Å². The summed E-state index contributed by atoms with van der Waals surface area (Å²) in [6.45, 7) is 12.9. The number of fused-ring (bicyclic) bond motifs is 2. The number of nitrogens with zero attached hydrogens (tertiary/aromatic N) is 1. The van der Waals surface area contributed by atoms with Crippen LogP contribution in [0.1, 0.15) is 98.8 Å². The third kappa shape index (κ3) is 7.13. The number of carbonyl (C=O) groups excluding carboxylic acids is 3. The number of hydrogen-bond acceptors (Lipinski definition) is 7. The minimum absolute atomic E-state index is 0.0685. The molecule has 7 unspecified atom stereocenters. The number of ether oxygens (including phenoxy) is 3. The van der Waals surface area contributed by atoms with Crippen LogP contribution in [0.15, 0.2) is 23.8 Å². The van der Waals surface area contributed by atoms with Crippen molar-refractivity contribution in [1.29, 1.82) is 0 Å². The fourth-order valence-corrected chi connectivity index (χ4v) is 10.5. The van der Waals surface area contributed by atoms with E-state index in [9.17, 15) is 14.4 Å². The van der Waals surface area contributed by atoms with Crippen LogP contribution in [0.5, 0.6) is 0 Å². The highest BCUT2D eigenvalue weighted by Gasteiger charge is 2.66. The Morgan fingerprint density at radius 1 is 1.20 bits per heavy atom. The standard InChI is InChI=1S/C39H62N4O6/c1-7-24(4)37(46)49-38(5)14-8-9-30(39(38)19-26-15-25-11-13-36(45)47-32(25)18-33(26)48-39)29-17-34(40)42-21-27(29)16-35(44)43-22-28(20-41-6)31(43)12-10-23(2)3/h7-9,23,25-34,41-42H,10-22,40H2,1-6H3/p+2/t25?,26?,27?,28-,29?,30-,31+,32?,33?,34?,38+,39+/m1/s1. The van der Waals surface area contributed by atoms with Crippen LogP contribution in [0.3, 0.4) is 0 Å². The Balaban J connectivity index is 1.29. The molecule has 1 saturated carbocycles. The Hall–Kier alpha value is -2.27. The van der Waals surface area contributed by atoms with E-state index in [1.807, 2.05) is 6.92 Å². The van der Waals surface area contributed by atoms with Crippen LogP contribution in [0.4, 0.5) is 0 Å². The Morgan fingerprint density at radius 3 is 2.73 bits per heavy atom. The van der Waals surface area contributed by atoms with Crippen molar-refractivity contribution in [1.82, 2.24) is 4.90 Å². The summed E-state index contributed by atoms with van der Waals surface area (Å²) in [4.78, 5) is 42.1. The van der Waals surface area contributed by atoms with E-state index in [1.165, 1.54) is 0 Å². The molecule has 10 heteroatoms. The fraction of sp³-hybridized carbons (Fsp3) is 0.821. The Kier molecular flexibility index (Phi) is 11.0. The molecule has 4 heterocycles. The van der Waals surface area contributed by atoms with Crippen LogP contribution >= 0.6 is 0 Å². The van der Waals surface area contributed by atoms with Gasteiger partial charge in [-0.3, -0.25) is 15.3 Å². The van der Waals surface area contributed by atoms with Gasteiger partial charge in [-0.2, -0.15) is 0 Å². The second kappa shape index (κ2) is 14.8. The molecule has 2 aliphatic carbocycles. The molecule has 0 aromatic heterocycles. The van der Waals surface area contributed by atoms with Gasteiger partial charge in [-0.1, -0.05) is 32.1 Å². The van der Waals surface area contributed by atoms with Crippen molar-refractivity contribution in [3.8, 4) is 0 Å². The summed E-state index contributed by atoms with van der Waals surface area (Å²) in [7, 11) is 2.12. The molecule has 1 spiro atoms. The van der Waals surface area contributed by atoms with Crippen molar-refractivity contribution >= 4 is 17.8 Å². The molecule has 6 N–H and O–H groups in total. The molecule has 0 radical (unpaired) electrons. The lowest BCUT2D eigenvalue weighted by molar-refractivity contribution is -0.706. The minimum Gasteiger partial charge on any atom is -0.462 e. The number of rotatable bonds is 10. The number of allylic oxidation sites excluding steroid dienone is 1. The molecule has 6 rings (SSSR count). The summed E-state index contributed by atoms with van der Waals surface area (Å²) in [6, 6.07) is 0.316. The largest absolute Gasteiger partial charge is 0.462 e. The number of piperidine rings is 1. The van der Waals surface area contributed by atoms with Gasteiger partial charge in [-0.05, 0) is 76.5 Å². The summed E-state index contributed by atoms with van der Waals surface area (Å²) in [5, 5.41) is 4.45. The summed E-state index contributed by atoms with van der Waals surface area (Å²) in [6.07, 6.45) is 13.8. The number of likely N-dealkylation sites (tertiary alicyclic amines) is 1. The van der Waals surface area contributed by atoms with Gasteiger partial charge in [0.05, 0.1) is 26.2 Å². The lowest BCUT2D eigenvalue weighted by Gasteiger charge is -2.54. The molecule has 0 aromatic carbocycles. The van der Waals surface area contributed by atoms with Crippen LogP contribution in [0.2, 0.25) is 0 Å². The molecular weight excluding hydrogens is 620 g/mol. The maximum atomic E-state index is 14.2. The number of esters is 2. The lowest BCUT2D eigenvalue weighted by atomic mass is 9.58. The first-order valence-electron chi connectivity index (χ1n) is 19.4. The number of nitrogens with two attached hydrogens (primary N) is 3. The van der Waals surface area contributed by atoms with E-state index >= 15 is 0 Å². The molecule has 0 aromatic rings. The van der Waals surface area contributed by atoms with Crippen molar-refractivity contribution in [2.24, 2.45) is 47.2 Å². The van der Waals surface area contributed by atoms with Gasteiger partial charge in [0.2, 0.25) is 5.91 Å². The van der Waals surface area contributed by atoms with Gasteiger partial charge >= 0.3 is 11.9 Å². The fourth-order valence-electron chi connectivity index (χ4n) is 10.5. The van der Waals surface area contributed by atoms with E-state index in [2.05, 4.69) is 55.5 Å².